The van der Waals surface area contributed by atoms with Gasteiger partial charge in [-0.2, -0.15) is 0 Å². The molecule has 0 radical (unpaired) electrons. The van der Waals surface area contributed by atoms with Gasteiger partial charge in [0.15, 0.2) is 0 Å². The molecule has 6 heteroatoms. The molecule has 1 aromatic carbocycles. The van der Waals surface area contributed by atoms with Crippen molar-refractivity contribution in [3.8, 4) is 5.75 Å². The molecule has 1 aliphatic heterocycles. The van der Waals surface area contributed by atoms with Gasteiger partial charge in [-0.05, 0) is 30.3 Å². The smallest absolute Gasteiger partial charge is 0.256 e. The summed E-state index contributed by atoms with van der Waals surface area (Å²) in [6.45, 7) is 0.343. The highest BCUT2D eigenvalue weighted by atomic mass is 16.5. The van der Waals surface area contributed by atoms with Crippen molar-refractivity contribution in [2.75, 3.05) is 23.9 Å². The Labute approximate surface area is 127 Å². The predicted molar refractivity (Wildman–Crippen MR) is 82.2 cm³/mol. The number of hydrogen-bond acceptors (Lipinski definition) is 4. The van der Waals surface area contributed by atoms with Gasteiger partial charge in [0.25, 0.3) is 5.91 Å². The molecule has 0 atom stereocenters. The van der Waals surface area contributed by atoms with Gasteiger partial charge in [-0.1, -0.05) is 6.07 Å². The lowest BCUT2D eigenvalue weighted by Crippen LogP contribution is -2.25. The van der Waals surface area contributed by atoms with Crippen LogP contribution in [0.3, 0.4) is 0 Å². The van der Waals surface area contributed by atoms with Crippen LogP contribution in [0.4, 0.5) is 11.5 Å². The fraction of sp³-hybridized carbons (Fsp3) is 0.188. The summed E-state index contributed by atoms with van der Waals surface area (Å²) in [7, 11) is 1.68. The third-order valence-electron chi connectivity index (χ3n) is 3.44. The monoisotopic (exact) mass is 297 g/mol. The van der Waals surface area contributed by atoms with Gasteiger partial charge in [0.1, 0.15) is 11.6 Å². The summed E-state index contributed by atoms with van der Waals surface area (Å²) in [6.07, 6.45) is 1.92. The summed E-state index contributed by atoms with van der Waals surface area (Å²) in [5.74, 6) is 0.749. The zero-order valence-corrected chi connectivity index (χ0v) is 12.1. The number of aromatic nitrogens is 1. The second-order valence-corrected chi connectivity index (χ2v) is 4.90. The van der Waals surface area contributed by atoms with Gasteiger partial charge in [-0.25, -0.2) is 4.98 Å². The van der Waals surface area contributed by atoms with Crippen molar-refractivity contribution in [2.45, 2.75) is 6.42 Å². The number of hydrogen-bond donors (Lipinski definition) is 1. The summed E-state index contributed by atoms with van der Waals surface area (Å²) >= 11 is 0. The van der Waals surface area contributed by atoms with Gasteiger partial charge in [-0.15, -0.1) is 0 Å². The van der Waals surface area contributed by atoms with E-state index >= 15 is 0 Å². The van der Waals surface area contributed by atoms with E-state index < -0.39 is 0 Å². The summed E-state index contributed by atoms with van der Waals surface area (Å²) in [6, 6.07) is 10.3. The molecule has 3 rings (SSSR count). The minimum absolute atomic E-state index is 0.0407. The topological polar surface area (TPSA) is 71.5 Å². The number of ether oxygens (including phenoxy) is 1. The van der Waals surface area contributed by atoms with Crippen molar-refractivity contribution in [1.82, 2.24) is 4.98 Å². The quantitative estimate of drug-likeness (QED) is 0.921. The SMILES string of the molecule is CN1C(=O)CCOc2ccc(C(=O)Nc3ccccn3)cc21. The first kappa shape index (κ1) is 14.1. The lowest BCUT2D eigenvalue weighted by molar-refractivity contribution is -0.118. The molecule has 0 fully saturated rings. The first-order valence-electron chi connectivity index (χ1n) is 6.91. The van der Waals surface area contributed by atoms with E-state index in [2.05, 4.69) is 10.3 Å². The molecule has 0 saturated carbocycles. The number of carbonyl (C=O) groups is 2. The van der Waals surface area contributed by atoms with Crippen molar-refractivity contribution in [2.24, 2.45) is 0 Å². The van der Waals surface area contributed by atoms with Crippen molar-refractivity contribution >= 4 is 23.3 Å². The third-order valence-corrected chi connectivity index (χ3v) is 3.44. The Morgan fingerprint density at radius 1 is 1.32 bits per heavy atom. The largest absolute Gasteiger partial charge is 0.491 e. The van der Waals surface area contributed by atoms with E-state index in [1.54, 1.807) is 49.6 Å². The van der Waals surface area contributed by atoms with Crippen molar-refractivity contribution < 1.29 is 14.3 Å². The number of anilines is 2. The standard InChI is InChI=1S/C16H15N3O3/c1-19-12-10-11(5-6-13(12)22-9-7-15(19)20)16(21)18-14-4-2-3-8-17-14/h2-6,8,10H,7,9H2,1H3,(H,17,18,21). The van der Waals surface area contributed by atoms with E-state index in [1.807, 2.05) is 0 Å². The van der Waals surface area contributed by atoms with Crippen LogP contribution in [0.1, 0.15) is 16.8 Å². The molecule has 1 N–H and O–H groups in total. The molecule has 112 valence electrons. The van der Waals surface area contributed by atoms with Crippen LogP contribution < -0.4 is 15.0 Å². The molecule has 0 bridgehead atoms. The fourth-order valence-corrected chi connectivity index (χ4v) is 2.22. The summed E-state index contributed by atoms with van der Waals surface area (Å²) in [5, 5.41) is 2.71. The minimum atomic E-state index is -0.286. The van der Waals surface area contributed by atoms with Crippen LogP contribution >= 0.6 is 0 Å². The molecular formula is C16H15N3O3. The Hall–Kier alpha value is -2.89. The first-order valence-corrected chi connectivity index (χ1v) is 6.91. The van der Waals surface area contributed by atoms with Gasteiger partial charge in [0, 0.05) is 18.8 Å². The molecule has 1 aromatic heterocycles. The highest BCUT2D eigenvalue weighted by Gasteiger charge is 2.21. The van der Waals surface area contributed by atoms with Crippen LogP contribution in [-0.4, -0.2) is 30.5 Å². The summed E-state index contributed by atoms with van der Waals surface area (Å²) in [4.78, 5) is 29.7. The van der Waals surface area contributed by atoms with Gasteiger partial charge in [-0.3, -0.25) is 9.59 Å². The zero-order valence-electron chi connectivity index (χ0n) is 12.1. The molecule has 2 heterocycles. The highest BCUT2D eigenvalue weighted by Crippen LogP contribution is 2.31. The zero-order chi connectivity index (χ0) is 15.5. The Morgan fingerprint density at radius 3 is 2.95 bits per heavy atom. The molecule has 0 spiro atoms. The summed E-state index contributed by atoms with van der Waals surface area (Å²) < 4.78 is 5.54. The molecular weight excluding hydrogens is 282 g/mol. The van der Waals surface area contributed by atoms with Crippen LogP contribution in [-0.2, 0) is 4.79 Å². The van der Waals surface area contributed by atoms with Crippen LogP contribution in [0, 0.1) is 0 Å². The molecule has 6 nitrogen and oxygen atoms in total. The van der Waals surface area contributed by atoms with Gasteiger partial charge in [0.05, 0.1) is 18.7 Å². The number of rotatable bonds is 2. The number of carbonyl (C=O) groups excluding carboxylic acids is 2. The Morgan fingerprint density at radius 2 is 2.18 bits per heavy atom. The third kappa shape index (κ3) is 2.76. The molecule has 0 aliphatic carbocycles. The van der Waals surface area contributed by atoms with Gasteiger partial charge >= 0.3 is 0 Å². The Kier molecular flexibility index (Phi) is 3.74. The van der Waals surface area contributed by atoms with E-state index in [9.17, 15) is 9.59 Å². The van der Waals surface area contributed by atoms with Crippen LogP contribution in [0.25, 0.3) is 0 Å². The predicted octanol–water partition coefficient (Wildman–Crippen LogP) is 2.08. The van der Waals surface area contributed by atoms with Crippen LogP contribution in [0.2, 0.25) is 0 Å². The number of pyridine rings is 1. The second-order valence-electron chi connectivity index (χ2n) is 4.90. The molecule has 22 heavy (non-hydrogen) atoms. The Balaban J connectivity index is 1.88. The fourth-order valence-electron chi connectivity index (χ4n) is 2.22. The van der Waals surface area contributed by atoms with Crippen molar-refractivity contribution in [1.29, 1.82) is 0 Å². The van der Waals surface area contributed by atoms with Gasteiger partial charge < -0.3 is 15.0 Å². The van der Waals surface area contributed by atoms with Crippen molar-refractivity contribution in [3.05, 3.63) is 48.2 Å². The van der Waals surface area contributed by atoms with E-state index in [4.69, 9.17) is 4.74 Å². The first-order chi connectivity index (χ1) is 10.6. The molecule has 2 aromatic rings. The maximum absolute atomic E-state index is 12.3. The number of amides is 2. The molecule has 1 aliphatic rings. The number of nitrogens with zero attached hydrogens (tertiary/aromatic N) is 2. The van der Waals surface area contributed by atoms with E-state index in [1.165, 1.54) is 4.90 Å². The minimum Gasteiger partial charge on any atom is -0.491 e. The normalized spacial score (nSPS) is 13.9. The number of benzene rings is 1. The highest BCUT2D eigenvalue weighted by molar-refractivity contribution is 6.05. The lowest BCUT2D eigenvalue weighted by atomic mass is 10.1. The molecule has 0 saturated heterocycles. The Bertz CT molecular complexity index is 716. The molecule has 0 unspecified atom stereocenters. The maximum Gasteiger partial charge on any atom is 0.256 e. The molecule has 2 amide bonds. The lowest BCUT2D eigenvalue weighted by Gasteiger charge is -2.17. The van der Waals surface area contributed by atoms with Crippen LogP contribution in [0.5, 0.6) is 5.75 Å². The number of fused-ring (bicyclic) bond motifs is 1. The van der Waals surface area contributed by atoms with Gasteiger partial charge in [0.2, 0.25) is 5.91 Å². The van der Waals surface area contributed by atoms with E-state index in [-0.39, 0.29) is 11.8 Å². The maximum atomic E-state index is 12.3. The average Bonchev–Trinajstić information content (AvgIpc) is 2.68. The average molecular weight is 297 g/mol. The van der Waals surface area contributed by atoms with Crippen molar-refractivity contribution in [3.63, 3.8) is 0 Å². The van der Waals surface area contributed by atoms with E-state index in [0.29, 0.717) is 35.8 Å². The van der Waals surface area contributed by atoms with Crippen LogP contribution in [0.15, 0.2) is 42.6 Å². The number of nitrogens with one attached hydrogen (secondary N) is 1. The van der Waals surface area contributed by atoms with E-state index in [0.717, 1.165) is 0 Å². The second kappa shape index (κ2) is 5.85. The summed E-state index contributed by atoms with van der Waals surface area (Å²) in [5.41, 5.74) is 1.03.